The van der Waals surface area contributed by atoms with Crippen molar-refractivity contribution in [2.45, 2.75) is 75.3 Å². The molecule has 0 unspecified atom stereocenters. The van der Waals surface area contributed by atoms with Gasteiger partial charge in [-0.25, -0.2) is 4.98 Å². The molecule has 7 heteroatoms. The Labute approximate surface area is 202 Å². The third-order valence-electron chi connectivity index (χ3n) is 9.60. The van der Waals surface area contributed by atoms with Gasteiger partial charge >= 0.3 is 0 Å². The molecule has 1 aromatic rings. The van der Waals surface area contributed by atoms with Crippen LogP contribution in [0.2, 0.25) is 0 Å². The topological polar surface area (TPSA) is 62.3 Å². The first-order valence-electron chi connectivity index (χ1n) is 13.7. The average Bonchev–Trinajstić information content (AvgIpc) is 3.22. The zero-order valence-electron chi connectivity index (χ0n) is 20.2. The van der Waals surface area contributed by atoms with Crippen LogP contribution in [0.3, 0.4) is 0 Å². The van der Waals surface area contributed by atoms with Crippen LogP contribution in [0.1, 0.15) is 69.3 Å². The molecule has 186 valence electrons. The van der Waals surface area contributed by atoms with Crippen molar-refractivity contribution in [2.75, 3.05) is 39.5 Å². The minimum atomic E-state index is -0.592. The maximum Gasteiger partial charge on any atom is 0.213 e. The Bertz CT molecular complexity index is 844. The number of rotatable bonds is 5. The lowest BCUT2D eigenvalue weighted by atomic mass is 9.53. The zero-order valence-corrected chi connectivity index (χ0v) is 20.2. The largest absolute Gasteiger partial charge is 0.476 e. The number of pyridine rings is 1. The van der Waals surface area contributed by atoms with Gasteiger partial charge in [-0.3, -0.25) is 4.90 Å². The van der Waals surface area contributed by atoms with Gasteiger partial charge in [-0.15, -0.1) is 0 Å². The van der Waals surface area contributed by atoms with Gasteiger partial charge in [0.1, 0.15) is 6.61 Å². The fraction of sp³-hybridized carbons (Fsp3) is 0.815. The molecule has 2 atom stereocenters. The molecule has 3 heterocycles. The van der Waals surface area contributed by atoms with Crippen LogP contribution in [0.4, 0.5) is 0 Å². The summed E-state index contributed by atoms with van der Waals surface area (Å²) in [7, 11) is 0. The van der Waals surface area contributed by atoms with E-state index in [4.69, 9.17) is 24.0 Å². The van der Waals surface area contributed by atoms with Crippen LogP contribution in [0, 0.1) is 23.7 Å². The number of hydrogen-bond donors (Lipinski definition) is 0. The lowest BCUT2D eigenvalue weighted by Gasteiger charge is -2.57. The summed E-state index contributed by atoms with van der Waals surface area (Å²) in [4.78, 5) is 19.4. The van der Waals surface area contributed by atoms with Crippen molar-refractivity contribution >= 4 is 0 Å². The van der Waals surface area contributed by atoms with E-state index in [-0.39, 0.29) is 0 Å². The summed E-state index contributed by atoms with van der Waals surface area (Å²) >= 11 is 0. The first kappa shape index (κ1) is 22.0. The normalized spacial score (nSPS) is 43.7. The third-order valence-corrected chi connectivity index (χ3v) is 9.60. The minimum absolute atomic E-state index is 0.374. The quantitative estimate of drug-likeness (QED) is 0.596. The minimum Gasteiger partial charge on any atom is -0.476 e. The van der Waals surface area contributed by atoms with E-state index < -0.39 is 11.6 Å². The molecule has 7 fully saturated rings. The Morgan fingerprint density at radius 2 is 1.79 bits per heavy atom. The summed E-state index contributed by atoms with van der Waals surface area (Å²) in [5.41, 5.74) is 1.25. The van der Waals surface area contributed by atoms with E-state index >= 15 is 0 Å². The average molecular weight is 471 g/mol. The second kappa shape index (κ2) is 8.70. The van der Waals surface area contributed by atoms with E-state index in [1.165, 1.54) is 37.7 Å². The molecule has 0 aromatic carbocycles. The summed E-state index contributed by atoms with van der Waals surface area (Å²) in [6.45, 7) is 5.17. The van der Waals surface area contributed by atoms with Crippen LogP contribution in [0.25, 0.3) is 0 Å². The van der Waals surface area contributed by atoms with E-state index in [2.05, 4.69) is 16.0 Å². The van der Waals surface area contributed by atoms with E-state index in [1.54, 1.807) is 0 Å². The van der Waals surface area contributed by atoms with Gasteiger partial charge in [0.15, 0.2) is 0 Å². The lowest BCUT2D eigenvalue weighted by Crippen LogP contribution is -2.59. The monoisotopic (exact) mass is 470 g/mol. The summed E-state index contributed by atoms with van der Waals surface area (Å²) in [5.74, 6) is 2.80. The molecule has 2 aliphatic heterocycles. The lowest BCUT2D eigenvalue weighted by molar-refractivity contribution is -0.390. The molecular formula is C27H38N2O5. The molecule has 2 saturated heterocycles. The van der Waals surface area contributed by atoms with Gasteiger partial charge in [0, 0.05) is 56.6 Å². The van der Waals surface area contributed by atoms with Crippen LogP contribution in [-0.2, 0) is 19.2 Å². The maximum absolute atomic E-state index is 6.94. The standard InChI is InChI=1S/C27H38N2O5/c1-2-21(22-3-4-25(28-18-22)31-11-8-29-6-9-30-10-7-29)17-26(5-1)32-27(34-33-26)23-13-19-12-20(15-23)16-24(27)14-19/h3-4,18-21,23-24H,1-2,5-17H2/t19?,20?,21-,23?,24?,26-,27?/m1/s1. The summed E-state index contributed by atoms with van der Waals surface area (Å²) < 4.78 is 18.3. The predicted molar refractivity (Wildman–Crippen MR) is 124 cm³/mol. The van der Waals surface area contributed by atoms with Crippen molar-refractivity contribution in [3.8, 4) is 5.88 Å². The number of aromatic nitrogens is 1. The summed E-state index contributed by atoms with van der Waals surface area (Å²) in [5, 5.41) is 0. The highest BCUT2D eigenvalue weighted by molar-refractivity contribution is 5.22. The van der Waals surface area contributed by atoms with Gasteiger partial charge in [0.05, 0.1) is 13.2 Å². The Morgan fingerprint density at radius 1 is 1.00 bits per heavy atom. The van der Waals surface area contributed by atoms with Gasteiger partial charge in [0.25, 0.3) is 0 Å². The van der Waals surface area contributed by atoms with Crippen molar-refractivity contribution in [3.63, 3.8) is 0 Å². The molecule has 7 aliphatic rings. The van der Waals surface area contributed by atoms with Crippen LogP contribution >= 0.6 is 0 Å². The Balaban J connectivity index is 0.981. The summed E-state index contributed by atoms with van der Waals surface area (Å²) in [6, 6.07) is 4.19. The highest BCUT2D eigenvalue weighted by Gasteiger charge is 2.67. The van der Waals surface area contributed by atoms with Crippen LogP contribution in [-0.4, -0.2) is 60.9 Å². The molecule has 2 spiro atoms. The van der Waals surface area contributed by atoms with Gasteiger partial charge in [-0.1, -0.05) is 6.07 Å². The number of morpholine rings is 1. The Kier molecular flexibility index (Phi) is 5.62. The second-order valence-corrected chi connectivity index (χ2v) is 11.7. The molecule has 0 amide bonds. The predicted octanol–water partition coefficient (Wildman–Crippen LogP) is 4.28. The van der Waals surface area contributed by atoms with Crippen LogP contribution < -0.4 is 4.74 Å². The SMILES string of the molecule is c1cc(OCCN2CCOCC2)ncc1[C@@H]1CCC[C@]2(C1)OOC1(O2)C2CC3CC(C2)CC1C3. The summed E-state index contributed by atoms with van der Waals surface area (Å²) in [6.07, 6.45) is 12.4. The van der Waals surface area contributed by atoms with Gasteiger partial charge in [-0.05, 0) is 68.3 Å². The second-order valence-electron chi connectivity index (χ2n) is 11.7. The van der Waals surface area contributed by atoms with E-state index in [0.717, 1.165) is 70.4 Å². The smallest absolute Gasteiger partial charge is 0.213 e. The van der Waals surface area contributed by atoms with E-state index in [9.17, 15) is 0 Å². The third kappa shape index (κ3) is 3.88. The Hall–Kier alpha value is -1.25. The zero-order chi connectivity index (χ0) is 22.6. The van der Waals surface area contributed by atoms with E-state index in [1.807, 2.05) is 12.3 Å². The molecule has 0 N–H and O–H groups in total. The fourth-order valence-corrected chi connectivity index (χ4v) is 8.08. The molecule has 8 rings (SSSR count). The van der Waals surface area contributed by atoms with Crippen molar-refractivity contribution in [2.24, 2.45) is 23.7 Å². The van der Waals surface area contributed by atoms with Crippen molar-refractivity contribution in [1.29, 1.82) is 0 Å². The van der Waals surface area contributed by atoms with E-state index in [0.29, 0.717) is 30.2 Å². The van der Waals surface area contributed by atoms with Crippen molar-refractivity contribution in [3.05, 3.63) is 23.9 Å². The molecule has 0 radical (unpaired) electrons. The molecule has 4 bridgehead atoms. The molecule has 7 nitrogen and oxygen atoms in total. The van der Waals surface area contributed by atoms with Gasteiger partial charge in [0.2, 0.25) is 17.5 Å². The molecule has 5 aliphatic carbocycles. The van der Waals surface area contributed by atoms with Gasteiger partial charge < -0.3 is 14.2 Å². The molecule has 5 saturated carbocycles. The highest BCUT2D eigenvalue weighted by Crippen LogP contribution is 2.64. The van der Waals surface area contributed by atoms with Crippen molar-refractivity contribution in [1.82, 2.24) is 9.88 Å². The Morgan fingerprint density at radius 3 is 2.53 bits per heavy atom. The van der Waals surface area contributed by atoms with Crippen molar-refractivity contribution < 1.29 is 24.0 Å². The molecule has 34 heavy (non-hydrogen) atoms. The number of hydrogen-bond acceptors (Lipinski definition) is 7. The maximum atomic E-state index is 6.94. The van der Waals surface area contributed by atoms with Crippen LogP contribution in [0.15, 0.2) is 18.3 Å². The molecular weight excluding hydrogens is 432 g/mol. The highest BCUT2D eigenvalue weighted by atomic mass is 17.3. The number of nitrogens with zero attached hydrogens (tertiary/aromatic N) is 2. The molecule has 1 aromatic heterocycles. The fourth-order valence-electron chi connectivity index (χ4n) is 8.08. The first-order valence-corrected chi connectivity index (χ1v) is 13.7. The van der Waals surface area contributed by atoms with Gasteiger partial charge in [-0.2, -0.15) is 9.78 Å². The van der Waals surface area contributed by atoms with Crippen LogP contribution in [0.5, 0.6) is 5.88 Å². The number of ether oxygens (including phenoxy) is 3. The first-order chi connectivity index (χ1) is 16.7.